The molecule has 4 aromatic rings. The van der Waals surface area contributed by atoms with Gasteiger partial charge in [0.2, 0.25) is 16.0 Å². The lowest BCUT2D eigenvalue weighted by atomic mass is 10.00. The van der Waals surface area contributed by atoms with Crippen LogP contribution in [-0.4, -0.2) is 24.5 Å². The fourth-order valence-corrected chi connectivity index (χ4v) is 5.24. The van der Waals surface area contributed by atoms with Crippen LogP contribution in [0, 0.1) is 0 Å². The number of benzene rings is 3. The maximum absolute atomic E-state index is 14.0. The number of carbonyl (C=O) groups is 1. The van der Waals surface area contributed by atoms with E-state index < -0.39 is 62.5 Å². The number of carboxylic acids is 1. The van der Waals surface area contributed by atoms with Crippen molar-refractivity contribution in [1.82, 2.24) is 4.98 Å². The van der Waals surface area contributed by atoms with Gasteiger partial charge in [0.15, 0.2) is 5.75 Å². The molecule has 39 heavy (non-hydrogen) atoms. The van der Waals surface area contributed by atoms with E-state index in [0.29, 0.717) is 0 Å². The highest BCUT2D eigenvalue weighted by Crippen LogP contribution is 2.48. The van der Waals surface area contributed by atoms with Gasteiger partial charge in [0.05, 0.1) is 20.9 Å². The second-order valence-corrected chi connectivity index (χ2v) is 10.4. The molecule has 6 nitrogen and oxygen atoms in total. The third kappa shape index (κ3) is 5.52. The minimum absolute atomic E-state index is 0.0887. The molecule has 1 heterocycles. The molecule has 15 heteroatoms. The van der Waals surface area contributed by atoms with Crippen LogP contribution in [0.1, 0.15) is 22.9 Å². The summed E-state index contributed by atoms with van der Waals surface area (Å²) in [5.41, 5.74) is -5.40. The van der Waals surface area contributed by atoms with Crippen molar-refractivity contribution in [3.63, 3.8) is 0 Å². The van der Waals surface area contributed by atoms with Crippen LogP contribution in [0.15, 0.2) is 70.6 Å². The number of hydrogen-bond donors (Lipinski definition) is 2. The van der Waals surface area contributed by atoms with Gasteiger partial charge in [0, 0.05) is 22.1 Å². The molecule has 0 saturated carbocycles. The predicted molar refractivity (Wildman–Crippen MR) is 123 cm³/mol. The number of halogens is 8. The molecule has 1 unspecified atom stereocenters. The number of ether oxygens (including phenoxy) is 1. The van der Waals surface area contributed by atoms with Crippen molar-refractivity contribution >= 4 is 38.3 Å². The SMILES string of the molecule is O=C(O)C(F)c1cc(C(F)(F)F)c(Oc2ccc3[nH]cc(S(=O)(=O)c4ccc(Cl)cc4)c3c2)c(C(F)(F)F)c1. The van der Waals surface area contributed by atoms with Gasteiger partial charge in [-0.2, -0.15) is 26.3 Å². The van der Waals surface area contributed by atoms with Crippen molar-refractivity contribution in [2.45, 2.75) is 28.3 Å². The van der Waals surface area contributed by atoms with Crippen LogP contribution < -0.4 is 4.74 Å². The Kier molecular flexibility index (Phi) is 7.06. The second-order valence-electron chi connectivity index (χ2n) is 8.06. The molecule has 0 amide bonds. The first kappa shape index (κ1) is 28.2. The Hall–Kier alpha value is -3.78. The van der Waals surface area contributed by atoms with E-state index in [4.69, 9.17) is 21.4 Å². The van der Waals surface area contributed by atoms with Crippen molar-refractivity contribution in [2.24, 2.45) is 0 Å². The Morgan fingerprint density at radius 1 is 0.923 bits per heavy atom. The topological polar surface area (TPSA) is 96.5 Å². The van der Waals surface area contributed by atoms with Gasteiger partial charge in [0.1, 0.15) is 5.75 Å². The van der Waals surface area contributed by atoms with E-state index in [0.717, 1.165) is 18.3 Å². The van der Waals surface area contributed by atoms with Crippen molar-refractivity contribution in [2.75, 3.05) is 0 Å². The molecule has 206 valence electrons. The number of carboxylic acid groups (broad SMARTS) is 1. The summed E-state index contributed by atoms with van der Waals surface area (Å²) in [6, 6.07) is 7.93. The maximum Gasteiger partial charge on any atom is 0.420 e. The van der Waals surface area contributed by atoms with Gasteiger partial charge in [-0.15, -0.1) is 0 Å². The van der Waals surface area contributed by atoms with Gasteiger partial charge in [-0.25, -0.2) is 17.6 Å². The molecule has 0 bridgehead atoms. The van der Waals surface area contributed by atoms with E-state index in [1.54, 1.807) is 0 Å². The molecule has 0 radical (unpaired) electrons. The molecule has 0 aliphatic carbocycles. The van der Waals surface area contributed by atoms with Gasteiger partial charge in [-0.3, -0.25) is 0 Å². The molecule has 3 aromatic carbocycles. The molecule has 4 rings (SSSR count). The standard InChI is InChI=1S/C24H13ClF7NO5S/c25-12-1-4-14(5-2-12)39(36,37)19-10-33-18-6-3-13(9-15(18)19)38-21-16(23(27,28)29)7-11(20(26)22(34)35)8-17(21)24(30,31)32/h1-10,20,33H,(H,34,35). The van der Waals surface area contributed by atoms with Crippen molar-refractivity contribution in [3.8, 4) is 11.5 Å². The number of hydrogen-bond acceptors (Lipinski definition) is 4. The maximum atomic E-state index is 14.0. The smallest absolute Gasteiger partial charge is 0.420 e. The normalized spacial score (nSPS) is 13.4. The fraction of sp³-hybridized carbons (Fsp3) is 0.125. The lowest BCUT2D eigenvalue weighted by Gasteiger charge is -2.21. The quantitative estimate of drug-likeness (QED) is 0.224. The van der Waals surface area contributed by atoms with Crippen LogP contribution in [0.2, 0.25) is 5.02 Å². The first-order valence-corrected chi connectivity index (χ1v) is 12.3. The van der Waals surface area contributed by atoms with Gasteiger partial charge in [-0.1, -0.05) is 11.6 Å². The Labute approximate surface area is 219 Å². The molecule has 0 saturated heterocycles. The summed E-state index contributed by atoms with van der Waals surface area (Å²) in [7, 11) is -4.22. The molecule has 0 spiro atoms. The third-order valence-electron chi connectivity index (χ3n) is 5.48. The summed E-state index contributed by atoms with van der Waals surface area (Å²) in [4.78, 5) is 13.0. The number of nitrogens with one attached hydrogen (secondary N) is 1. The van der Waals surface area contributed by atoms with Gasteiger partial charge in [0.25, 0.3) is 0 Å². The summed E-state index contributed by atoms with van der Waals surface area (Å²) in [5, 5.41) is 8.90. The lowest BCUT2D eigenvalue weighted by molar-refractivity contribution is -0.147. The molecule has 0 aliphatic heterocycles. The summed E-state index contributed by atoms with van der Waals surface area (Å²) in [6.07, 6.45) is -13.1. The number of aliphatic carboxylic acids is 1. The summed E-state index contributed by atoms with van der Waals surface area (Å²) in [6.45, 7) is 0. The Balaban J connectivity index is 1.89. The number of sulfone groups is 1. The van der Waals surface area contributed by atoms with E-state index in [1.807, 2.05) is 0 Å². The summed E-state index contributed by atoms with van der Waals surface area (Å²) < 4.78 is 128. The average Bonchev–Trinajstić information content (AvgIpc) is 3.26. The predicted octanol–water partition coefficient (Wildman–Crippen LogP) is 7.58. The zero-order chi connectivity index (χ0) is 28.9. The number of aromatic nitrogens is 1. The minimum Gasteiger partial charge on any atom is -0.479 e. The number of aromatic amines is 1. The van der Waals surface area contributed by atoms with Crippen molar-refractivity contribution in [3.05, 3.63) is 82.5 Å². The fourth-order valence-electron chi connectivity index (χ4n) is 3.69. The number of H-pyrrole nitrogens is 1. The minimum atomic E-state index is -5.52. The monoisotopic (exact) mass is 595 g/mol. The molecule has 2 N–H and O–H groups in total. The van der Waals surface area contributed by atoms with Crippen molar-refractivity contribution < 1.29 is 53.8 Å². The van der Waals surface area contributed by atoms with Crippen LogP contribution in [0.5, 0.6) is 11.5 Å². The van der Waals surface area contributed by atoms with Crippen LogP contribution in [0.3, 0.4) is 0 Å². The largest absolute Gasteiger partial charge is 0.479 e. The first-order valence-electron chi connectivity index (χ1n) is 10.5. The summed E-state index contributed by atoms with van der Waals surface area (Å²) in [5.74, 6) is -4.68. The number of fused-ring (bicyclic) bond motifs is 1. The van der Waals surface area contributed by atoms with Gasteiger partial charge in [-0.05, 0) is 60.2 Å². The highest BCUT2D eigenvalue weighted by Gasteiger charge is 2.44. The lowest BCUT2D eigenvalue weighted by Crippen LogP contribution is -2.17. The first-order chi connectivity index (χ1) is 18.0. The molecule has 0 aliphatic rings. The molecule has 1 atom stereocenters. The van der Waals surface area contributed by atoms with Crippen LogP contribution in [-0.2, 0) is 27.0 Å². The zero-order valence-electron chi connectivity index (χ0n) is 18.9. The van der Waals surface area contributed by atoms with Gasteiger partial charge < -0.3 is 14.8 Å². The summed E-state index contributed by atoms with van der Waals surface area (Å²) >= 11 is 5.78. The average molecular weight is 596 g/mol. The van der Waals surface area contributed by atoms with Crippen LogP contribution in [0.25, 0.3) is 10.9 Å². The highest BCUT2D eigenvalue weighted by molar-refractivity contribution is 7.91. The molecule has 1 aromatic heterocycles. The van der Waals surface area contributed by atoms with Crippen LogP contribution >= 0.6 is 11.6 Å². The Morgan fingerprint density at radius 3 is 2.00 bits per heavy atom. The zero-order valence-corrected chi connectivity index (χ0v) is 20.4. The third-order valence-corrected chi connectivity index (χ3v) is 7.54. The molecule has 0 fully saturated rings. The second kappa shape index (κ2) is 9.75. The van der Waals surface area contributed by atoms with Gasteiger partial charge >= 0.3 is 18.3 Å². The Morgan fingerprint density at radius 2 is 1.49 bits per heavy atom. The Bertz CT molecular complexity index is 1640. The van der Waals surface area contributed by atoms with E-state index >= 15 is 0 Å². The van der Waals surface area contributed by atoms with E-state index in [2.05, 4.69) is 4.98 Å². The number of rotatable bonds is 6. The van der Waals surface area contributed by atoms with Crippen molar-refractivity contribution in [1.29, 1.82) is 0 Å². The van der Waals surface area contributed by atoms with E-state index in [-0.39, 0.29) is 37.8 Å². The van der Waals surface area contributed by atoms with E-state index in [9.17, 15) is 43.9 Å². The molecular formula is C24H13ClF7NO5S. The molecular weight excluding hydrogens is 583 g/mol. The highest BCUT2D eigenvalue weighted by atomic mass is 35.5. The van der Waals surface area contributed by atoms with Crippen LogP contribution in [0.4, 0.5) is 30.7 Å². The van der Waals surface area contributed by atoms with E-state index in [1.165, 1.54) is 30.3 Å². The number of alkyl halides is 7.